The van der Waals surface area contributed by atoms with Crippen LogP contribution in [-0.4, -0.2) is 0 Å². The van der Waals surface area contributed by atoms with E-state index < -0.39 is 0 Å². The third-order valence-electron chi connectivity index (χ3n) is 4.67. The van der Waals surface area contributed by atoms with Crippen LogP contribution in [0.3, 0.4) is 0 Å². The fourth-order valence-electron chi connectivity index (χ4n) is 3.49. The van der Waals surface area contributed by atoms with Crippen molar-refractivity contribution < 1.29 is 4.57 Å². The Morgan fingerprint density at radius 2 is 1.08 bits per heavy atom. The number of hydrogen-bond acceptors (Lipinski definition) is 0. The molecule has 5 rings (SSSR count). The Bertz CT molecular complexity index is 1190. The maximum absolute atomic E-state index is 2.31. The molecule has 0 aliphatic carbocycles. The molecule has 0 saturated heterocycles. The molecule has 0 fully saturated rings. The topological polar surface area (TPSA) is 3.88 Å². The molecule has 0 saturated carbocycles. The SMILES string of the molecule is c1cc[n+](-c2cccc3cc4cc5ccccc5cc4cc23)cc1. The van der Waals surface area contributed by atoms with Gasteiger partial charge in [-0.15, -0.1) is 0 Å². The van der Waals surface area contributed by atoms with Crippen molar-refractivity contribution in [2.24, 2.45) is 0 Å². The van der Waals surface area contributed by atoms with Crippen molar-refractivity contribution in [3.05, 3.63) is 97.3 Å². The van der Waals surface area contributed by atoms with E-state index in [1.54, 1.807) is 0 Å². The summed E-state index contributed by atoms with van der Waals surface area (Å²) in [5.41, 5.74) is 1.21. The molecule has 24 heavy (non-hydrogen) atoms. The Kier molecular flexibility index (Phi) is 2.86. The van der Waals surface area contributed by atoms with E-state index in [0.29, 0.717) is 0 Å². The summed E-state index contributed by atoms with van der Waals surface area (Å²) in [5.74, 6) is 0. The molecule has 4 aromatic carbocycles. The van der Waals surface area contributed by atoms with Gasteiger partial charge in [-0.3, -0.25) is 0 Å². The van der Waals surface area contributed by atoms with Crippen LogP contribution in [0.1, 0.15) is 0 Å². The van der Waals surface area contributed by atoms with Crippen molar-refractivity contribution in [2.45, 2.75) is 0 Å². The molecule has 0 aliphatic heterocycles. The van der Waals surface area contributed by atoms with E-state index in [0.717, 1.165) is 0 Å². The zero-order valence-electron chi connectivity index (χ0n) is 13.2. The van der Waals surface area contributed by atoms with Crippen molar-refractivity contribution in [2.75, 3.05) is 0 Å². The van der Waals surface area contributed by atoms with E-state index in [4.69, 9.17) is 0 Å². The molecule has 0 spiro atoms. The Balaban J connectivity index is 1.87. The lowest BCUT2D eigenvalue weighted by Gasteiger charge is -2.06. The van der Waals surface area contributed by atoms with Gasteiger partial charge in [0.15, 0.2) is 12.4 Å². The fraction of sp³-hybridized carbons (Fsp3) is 0. The molecule has 0 unspecified atom stereocenters. The molecule has 0 aliphatic rings. The van der Waals surface area contributed by atoms with Crippen LogP contribution >= 0.6 is 0 Å². The number of aromatic nitrogens is 1. The van der Waals surface area contributed by atoms with Gasteiger partial charge in [0.2, 0.25) is 5.69 Å². The predicted octanol–water partition coefficient (Wildman–Crippen LogP) is 5.42. The molecule has 0 amide bonds. The van der Waals surface area contributed by atoms with Crippen LogP contribution in [0.4, 0.5) is 0 Å². The van der Waals surface area contributed by atoms with Gasteiger partial charge in [-0.25, -0.2) is 0 Å². The van der Waals surface area contributed by atoms with Crippen LogP contribution < -0.4 is 4.57 Å². The Hall–Kier alpha value is -3.19. The summed E-state index contributed by atoms with van der Waals surface area (Å²) in [7, 11) is 0. The minimum Gasteiger partial charge on any atom is -0.167 e. The normalized spacial score (nSPS) is 11.3. The molecular weight excluding hydrogens is 290 g/mol. The summed E-state index contributed by atoms with van der Waals surface area (Å²) in [4.78, 5) is 0. The Labute approximate surface area is 140 Å². The molecule has 1 heteroatoms. The van der Waals surface area contributed by atoms with Gasteiger partial charge in [0.25, 0.3) is 0 Å². The second kappa shape index (κ2) is 5.17. The third-order valence-corrected chi connectivity index (χ3v) is 4.67. The fourth-order valence-corrected chi connectivity index (χ4v) is 3.49. The molecule has 112 valence electrons. The lowest BCUT2D eigenvalue weighted by atomic mass is 9.99. The van der Waals surface area contributed by atoms with E-state index in [1.807, 2.05) is 6.07 Å². The highest BCUT2D eigenvalue weighted by Gasteiger charge is 2.11. The number of rotatable bonds is 1. The summed E-state index contributed by atoms with van der Waals surface area (Å²) in [6.45, 7) is 0. The molecule has 0 radical (unpaired) electrons. The van der Waals surface area contributed by atoms with E-state index in [9.17, 15) is 0 Å². The standard InChI is InChI=1S/C23H16N/c1-4-11-24(12-5-1)23-10-6-9-19-15-20-13-17-7-2-3-8-18(17)14-21(20)16-22(19)23/h1-16H/q+1. The van der Waals surface area contributed by atoms with Gasteiger partial charge in [-0.1, -0.05) is 42.5 Å². The number of nitrogens with zero attached hydrogens (tertiary/aromatic N) is 1. The molecule has 1 aromatic heterocycles. The average Bonchev–Trinajstić information content (AvgIpc) is 2.65. The summed E-state index contributed by atoms with van der Waals surface area (Å²) in [5, 5.41) is 7.69. The van der Waals surface area contributed by atoms with Crippen molar-refractivity contribution in [3.63, 3.8) is 0 Å². The highest BCUT2D eigenvalue weighted by molar-refractivity contribution is 6.06. The number of benzene rings is 4. The first-order valence-electron chi connectivity index (χ1n) is 8.20. The van der Waals surface area contributed by atoms with Crippen LogP contribution in [0, 0.1) is 0 Å². The first kappa shape index (κ1) is 13.3. The summed E-state index contributed by atoms with van der Waals surface area (Å²) in [6.07, 6.45) is 4.19. The highest BCUT2D eigenvalue weighted by Crippen LogP contribution is 2.29. The largest absolute Gasteiger partial charge is 0.218 e. The van der Waals surface area contributed by atoms with Crippen molar-refractivity contribution in [1.29, 1.82) is 0 Å². The van der Waals surface area contributed by atoms with Crippen LogP contribution in [-0.2, 0) is 0 Å². The second-order valence-electron chi connectivity index (χ2n) is 6.18. The summed E-state index contributed by atoms with van der Waals surface area (Å²) >= 11 is 0. The summed E-state index contributed by atoms with van der Waals surface area (Å²) in [6, 6.07) is 30.4. The zero-order valence-corrected chi connectivity index (χ0v) is 13.2. The number of fused-ring (bicyclic) bond motifs is 3. The first-order valence-corrected chi connectivity index (χ1v) is 8.20. The third kappa shape index (κ3) is 2.06. The second-order valence-corrected chi connectivity index (χ2v) is 6.18. The van der Waals surface area contributed by atoms with Gasteiger partial charge < -0.3 is 0 Å². The maximum Gasteiger partial charge on any atom is 0.218 e. The summed E-state index contributed by atoms with van der Waals surface area (Å²) < 4.78 is 2.18. The maximum atomic E-state index is 2.31. The number of hydrogen-bond donors (Lipinski definition) is 0. The smallest absolute Gasteiger partial charge is 0.167 e. The number of pyridine rings is 1. The molecular formula is C23H16N+. The lowest BCUT2D eigenvalue weighted by molar-refractivity contribution is -0.594. The molecule has 0 N–H and O–H groups in total. The van der Waals surface area contributed by atoms with Crippen molar-refractivity contribution in [1.82, 2.24) is 0 Å². The minimum atomic E-state index is 1.21. The molecule has 1 nitrogen and oxygen atoms in total. The van der Waals surface area contributed by atoms with E-state index in [-0.39, 0.29) is 0 Å². The van der Waals surface area contributed by atoms with Gasteiger partial charge in [-0.2, -0.15) is 4.57 Å². The van der Waals surface area contributed by atoms with E-state index >= 15 is 0 Å². The Morgan fingerprint density at radius 1 is 0.458 bits per heavy atom. The molecule has 5 aromatic rings. The monoisotopic (exact) mass is 306 g/mol. The predicted molar refractivity (Wildman–Crippen MR) is 100 cm³/mol. The van der Waals surface area contributed by atoms with Gasteiger partial charge in [0.05, 0.1) is 5.39 Å². The Morgan fingerprint density at radius 3 is 1.83 bits per heavy atom. The van der Waals surface area contributed by atoms with Crippen LogP contribution in [0.2, 0.25) is 0 Å². The quantitative estimate of drug-likeness (QED) is 0.287. The molecule has 1 heterocycles. The first-order chi connectivity index (χ1) is 11.9. The lowest BCUT2D eigenvalue weighted by Crippen LogP contribution is -2.29. The highest BCUT2D eigenvalue weighted by atomic mass is 14.9. The zero-order chi connectivity index (χ0) is 15.9. The minimum absolute atomic E-state index is 1.21. The van der Waals surface area contributed by atoms with E-state index in [1.165, 1.54) is 38.0 Å². The van der Waals surface area contributed by atoms with Gasteiger partial charge in [0, 0.05) is 18.2 Å². The molecule has 0 atom stereocenters. The van der Waals surface area contributed by atoms with E-state index in [2.05, 4.69) is 95.8 Å². The average molecular weight is 306 g/mol. The van der Waals surface area contributed by atoms with Crippen LogP contribution in [0.15, 0.2) is 97.3 Å². The van der Waals surface area contributed by atoms with Crippen molar-refractivity contribution >= 4 is 32.3 Å². The van der Waals surface area contributed by atoms with Gasteiger partial charge in [-0.05, 0) is 51.2 Å². The van der Waals surface area contributed by atoms with Gasteiger partial charge in [0.1, 0.15) is 0 Å². The van der Waals surface area contributed by atoms with Crippen LogP contribution in [0.25, 0.3) is 38.0 Å². The molecule has 0 bridgehead atoms. The van der Waals surface area contributed by atoms with Crippen molar-refractivity contribution in [3.8, 4) is 5.69 Å². The van der Waals surface area contributed by atoms with Crippen LogP contribution in [0.5, 0.6) is 0 Å². The van der Waals surface area contributed by atoms with Gasteiger partial charge >= 0.3 is 0 Å².